The Morgan fingerprint density at radius 2 is 1.91 bits per heavy atom. The monoisotopic (exact) mass is 429 g/mol. The Morgan fingerprint density at radius 1 is 1.13 bits per heavy atom. The van der Waals surface area contributed by atoms with Gasteiger partial charge in [-0.2, -0.15) is 0 Å². The number of nitrogens with zero attached hydrogens (tertiary/aromatic N) is 1. The highest BCUT2D eigenvalue weighted by Gasteiger charge is 2.03. The van der Waals surface area contributed by atoms with E-state index in [4.69, 9.17) is 9.15 Å². The molecule has 2 N–H and O–H groups in total. The molecule has 0 amide bonds. The summed E-state index contributed by atoms with van der Waals surface area (Å²) in [5.74, 6) is 1.74. The number of furan rings is 1. The van der Waals surface area contributed by atoms with Crippen molar-refractivity contribution >= 4 is 29.9 Å². The van der Waals surface area contributed by atoms with Crippen molar-refractivity contribution in [3.8, 4) is 0 Å². The molecular weight excluding hydrogens is 405 g/mol. The summed E-state index contributed by atoms with van der Waals surface area (Å²) in [6.07, 6.45) is 2.52. The molecule has 23 heavy (non-hydrogen) atoms. The van der Waals surface area contributed by atoms with Gasteiger partial charge >= 0.3 is 0 Å². The first-order chi connectivity index (χ1) is 10.8. The summed E-state index contributed by atoms with van der Waals surface area (Å²) in [4.78, 5) is 4.23. The summed E-state index contributed by atoms with van der Waals surface area (Å²) in [6.45, 7) is 2.09. The lowest BCUT2D eigenvalue weighted by atomic mass is 10.1. The van der Waals surface area contributed by atoms with Crippen molar-refractivity contribution in [2.24, 2.45) is 4.99 Å². The Bertz CT molecular complexity index is 585. The van der Waals surface area contributed by atoms with Crippen molar-refractivity contribution in [1.29, 1.82) is 0 Å². The summed E-state index contributed by atoms with van der Waals surface area (Å²) < 4.78 is 10.5. The average Bonchev–Trinajstić information content (AvgIpc) is 3.05. The van der Waals surface area contributed by atoms with Crippen LogP contribution in [0.2, 0.25) is 0 Å². The zero-order valence-corrected chi connectivity index (χ0v) is 15.9. The van der Waals surface area contributed by atoms with Crippen LogP contribution in [0.15, 0.2) is 52.1 Å². The van der Waals surface area contributed by atoms with Crippen LogP contribution in [0, 0.1) is 0 Å². The van der Waals surface area contributed by atoms with Gasteiger partial charge in [0.1, 0.15) is 5.76 Å². The second-order valence-electron chi connectivity index (χ2n) is 4.88. The minimum absolute atomic E-state index is 0. The van der Waals surface area contributed by atoms with Gasteiger partial charge in [0, 0.05) is 33.7 Å². The molecule has 5 nitrogen and oxygen atoms in total. The van der Waals surface area contributed by atoms with Crippen LogP contribution in [0.5, 0.6) is 0 Å². The third kappa shape index (κ3) is 6.62. The highest BCUT2D eigenvalue weighted by atomic mass is 127. The molecule has 0 aliphatic rings. The van der Waals surface area contributed by atoms with Crippen molar-refractivity contribution in [1.82, 2.24) is 10.6 Å². The van der Waals surface area contributed by atoms with Crippen molar-refractivity contribution in [2.45, 2.75) is 19.6 Å². The molecule has 1 heterocycles. The van der Waals surface area contributed by atoms with Gasteiger partial charge in [0.25, 0.3) is 0 Å². The Hall–Kier alpha value is -1.54. The third-order valence-corrected chi connectivity index (χ3v) is 3.33. The molecule has 0 atom stereocenters. The molecule has 0 unspecified atom stereocenters. The van der Waals surface area contributed by atoms with E-state index < -0.39 is 0 Å². The maximum atomic E-state index is 5.31. The first-order valence-corrected chi connectivity index (χ1v) is 7.36. The number of benzene rings is 1. The van der Waals surface area contributed by atoms with Crippen LogP contribution in [0.4, 0.5) is 0 Å². The fourth-order valence-electron chi connectivity index (χ4n) is 2.18. The van der Waals surface area contributed by atoms with Crippen molar-refractivity contribution in [3.05, 3.63) is 59.5 Å². The maximum absolute atomic E-state index is 5.31. The largest absolute Gasteiger partial charge is 0.469 e. The minimum atomic E-state index is 0. The van der Waals surface area contributed by atoms with Crippen LogP contribution in [0.3, 0.4) is 0 Å². The first kappa shape index (κ1) is 19.5. The van der Waals surface area contributed by atoms with E-state index in [0.717, 1.165) is 24.7 Å². The molecule has 0 spiro atoms. The first-order valence-electron chi connectivity index (χ1n) is 7.36. The summed E-state index contributed by atoms with van der Waals surface area (Å²) >= 11 is 0. The molecule has 6 heteroatoms. The van der Waals surface area contributed by atoms with E-state index in [2.05, 4.69) is 27.8 Å². The average molecular weight is 429 g/mol. The van der Waals surface area contributed by atoms with Gasteiger partial charge in [-0.15, -0.1) is 24.0 Å². The van der Waals surface area contributed by atoms with Crippen LogP contribution in [-0.2, 0) is 24.3 Å². The minimum Gasteiger partial charge on any atom is -0.469 e. The van der Waals surface area contributed by atoms with Crippen LogP contribution < -0.4 is 10.6 Å². The van der Waals surface area contributed by atoms with Gasteiger partial charge in [0.2, 0.25) is 0 Å². The number of aliphatic imine (C=N–C) groups is 1. The van der Waals surface area contributed by atoms with E-state index in [0.29, 0.717) is 13.2 Å². The van der Waals surface area contributed by atoms with Gasteiger partial charge in [0.15, 0.2) is 5.96 Å². The van der Waals surface area contributed by atoms with E-state index in [9.17, 15) is 0 Å². The highest BCUT2D eigenvalue weighted by molar-refractivity contribution is 14.0. The van der Waals surface area contributed by atoms with Crippen molar-refractivity contribution in [3.63, 3.8) is 0 Å². The van der Waals surface area contributed by atoms with Gasteiger partial charge in [-0.25, -0.2) is 0 Å². The van der Waals surface area contributed by atoms with Crippen molar-refractivity contribution < 1.29 is 9.15 Å². The molecule has 0 bridgehead atoms. The molecule has 0 radical (unpaired) electrons. The van der Waals surface area contributed by atoms with Gasteiger partial charge in [-0.05, 0) is 23.3 Å². The molecule has 0 fully saturated rings. The molecular formula is C17H24IN3O2. The second kappa shape index (κ2) is 11.1. The molecule has 126 valence electrons. The number of nitrogens with one attached hydrogen (secondary N) is 2. The number of hydrogen-bond acceptors (Lipinski definition) is 3. The number of rotatable bonds is 7. The Kier molecular flexibility index (Phi) is 9.39. The second-order valence-corrected chi connectivity index (χ2v) is 4.88. The summed E-state index contributed by atoms with van der Waals surface area (Å²) in [5, 5.41) is 6.59. The quantitative estimate of drug-likeness (QED) is 0.404. The summed E-state index contributed by atoms with van der Waals surface area (Å²) in [6, 6.07) is 12.1. The lowest BCUT2D eigenvalue weighted by molar-refractivity contribution is 0.184. The summed E-state index contributed by atoms with van der Waals surface area (Å²) in [7, 11) is 3.47. The number of ether oxygens (including phenoxy) is 1. The predicted molar refractivity (Wildman–Crippen MR) is 103 cm³/mol. The smallest absolute Gasteiger partial charge is 0.191 e. The van der Waals surface area contributed by atoms with Crippen LogP contribution >= 0.6 is 24.0 Å². The lowest BCUT2D eigenvalue weighted by Gasteiger charge is -2.13. The standard InChI is InChI=1S/C17H23N3O2.HI/c1-18-17(19-10-9-16-8-5-11-22-16)20-12-14-6-3-4-7-15(14)13-21-2;/h3-8,11H,9-10,12-13H2,1-2H3,(H2,18,19,20);1H. The Morgan fingerprint density at radius 3 is 2.57 bits per heavy atom. The fraction of sp³-hybridized carbons (Fsp3) is 0.353. The van der Waals surface area contributed by atoms with Gasteiger partial charge in [-0.1, -0.05) is 24.3 Å². The SMILES string of the molecule is CN=C(NCCc1ccco1)NCc1ccccc1COC.I. The molecule has 0 saturated heterocycles. The topological polar surface area (TPSA) is 58.8 Å². The number of halogens is 1. The van der Waals surface area contributed by atoms with E-state index in [1.54, 1.807) is 20.4 Å². The molecule has 0 aliphatic heterocycles. The normalized spacial score (nSPS) is 11.0. The van der Waals surface area contributed by atoms with Crippen LogP contribution in [-0.4, -0.2) is 26.7 Å². The zero-order valence-electron chi connectivity index (χ0n) is 13.5. The lowest BCUT2D eigenvalue weighted by Crippen LogP contribution is -2.38. The highest BCUT2D eigenvalue weighted by Crippen LogP contribution is 2.09. The van der Waals surface area contributed by atoms with Gasteiger partial charge in [-0.3, -0.25) is 4.99 Å². The fourth-order valence-corrected chi connectivity index (χ4v) is 2.18. The zero-order chi connectivity index (χ0) is 15.6. The van der Waals surface area contributed by atoms with E-state index in [1.807, 2.05) is 24.3 Å². The third-order valence-electron chi connectivity index (χ3n) is 3.33. The molecule has 1 aromatic heterocycles. The van der Waals surface area contributed by atoms with E-state index >= 15 is 0 Å². The summed E-state index contributed by atoms with van der Waals surface area (Å²) in [5.41, 5.74) is 2.39. The van der Waals surface area contributed by atoms with E-state index in [1.165, 1.54) is 11.1 Å². The van der Waals surface area contributed by atoms with Gasteiger partial charge in [0.05, 0.1) is 12.9 Å². The number of hydrogen-bond donors (Lipinski definition) is 2. The van der Waals surface area contributed by atoms with Crippen LogP contribution in [0.25, 0.3) is 0 Å². The number of methoxy groups -OCH3 is 1. The molecule has 2 rings (SSSR count). The molecule has 2 aromatic rings. The Balaban J connectivity index is 0.00000264. The Labute approximate surface area is 154 Å². The molecule has 0 aliphatic carbocycles. The van der Waals surface area contributed by atoms with Gasteiger partial charge < -0.3 is 19.8 Å². The molecule has 1 aromatic carbocycles. The maximum Gasteiger partial charge on any atom is 0.191 e. The predicted octanol–water partition coefficient (Wildman–Crippen LogP) is 2.95. The van der Waals surface area contributed by atoms with Crippen LogP contribution in [0.1, 0.15) is 16.9 Å². The van der Waals surface area contributed by atoms with Crippen molar-refractivity contribution in [2.75, 3.05) is 20.7 Å². The molecule has 0 saturated carbocycles. The number of guanidine groups is 1. The van der Waals surface area contributed by atoms with E-state index in [-0.39, 0.29) is 24.0 Å².